The Morgan fingerprint density at radius 2 is 1.94 bits per heavy atom. The zero-order valence-electron chi connectivity index (χ0n) is 10.6. The number of benzene rings is 1. The molecule has 1 aromatic carbocycles. The molecule has 6 heteroatoms. The Bertz CT molecular complexity index is 405. The summed E-state index contributed by atoms with van der Waals surface area (Å²) in [6.07, 6.45) is 0. The first-order valence-electron chi connectivity index (χ1n) is 5.74. The van der Waals surface area contributed by atoms with Crippen LogP contribution in [0.4, 0.5) is 0 Å². The average Bonchev–Trinajstić information content (AvgIpc) is 2.30. The van der Waals surface area contributed by atoms with Crippen molar-refractivity contribution >= 4 is 36.6 Å². The fourth-order valence-electron chi connectivity index (χ4n) is 1.81. The molecule has 18 heavy (non-hydrogen) atoms. The third kappa shape index (κ3) is 3.40. The van der Waals surface area contributed by atoms with Gasteiger partial charge in [-0.25, -0.2) is 0 Å². The molecule has 1 aliphatic heterocycles. The summed E-state index contributed by atoms with van der Waals surface area (Å²) < 4.78 is 11.4. The molecule has 0 radical (unpaired) electrons. The predicted molar refractivity (Wildman–Crippen MR) is 77.7 cm³/mol. The standard InChI is InChI=1S/C12H17BClNO2.ClH/c1-12(2)7-16-13(17-8-12)10-5-3-4-9(6-15)11(10)14;/h3-5H,6-8,15H2,1-2H3;1H. The molecule has 2 N–H and O–H groups in total. The van der Waals surface area contributed by atoms with Crippen molar-refractivity contribution < 1.29 is 9.31 Å². The van der Waals surface area contributed by atoms with Gasteiger partial charge in [-0.1, -0.05) is 43.6 Å². The molecule has 0 aliphatic carbocycles. The van der Waals surface area contributed by atoms with Gasteiger partial charge < -0.3 is 15.0 Å². The van der Waals surface area contributed by atoms with Crippen LogP contribution in [0.2, 0.25) is 5.02 Å². The highest BCUT2D eigenvalue weighted by Gasteiger charge is 2.34. The summed E-state index contributed by atoms with van der Waals surface area (Å²) in [6, 6.07) is 5.76. The van der Waals surface area contributed by atoms with E-state index in [4.69, 9.17) is 26.6 Å². The van der Waals surface area contributed by atoms with E-state index in [0.717, 1.165) is 11.0 Å². The van der Waals surface area contributed by atoms with Crippen LogP contribution in [0.1, 0.15) is 19.4 Å². The molecule has 0 saturated carbocycles. The van der Waals surface area contributed by atoms with Crippen molar-refractivity contribution in [2.75, 3.05) is 13.2 Å². The third-order valence-corrected chi connectivity index (χ3v) is 3.29. The van der Waals surface area contributed by atoms with Crippen molar-refractivity contribution in [3.63, 3.8) is 0 Å². The lowest BCUT2D eigenvalue weighted by Crippen LogP contribution is -2.47. The van der Waals surface area contributed by atoms with Gasteiger partial charge in [0.2, 0.25) is 0 Å². The Kier molecular flexibility index (Phi) is 5.50. The normalized spacial score (nSPS) is 18.3. The zero-order valence-corrected chi connectivity index (χ0v) is 12.2. The SMILES string of the molecule is CC1(C)COB(c2cccc(CN)c2Cl)OC1.Cl. The van der Waals surface area contributed by atoms with Crippen LogP contribution in [0.25, 0.3) is 0 Å². The maximum Gasteiger partial charge on any atom is 0.495 e. The van der Waals surface area contributed by atoms with Crippen molar-refractivity contribution in [2.45, 2.75) is 20.4 Å². The average molecular weight is 290 g/mol. The lowest BCUT2D eigenvalue weighted by molar-refractivity contribution is 0.0343. The van der Waals surface area contributed by atoms with E-state index in [1.54, 1.807) is 0 Å². The Morgan fingerprint density at radius 1 is 1.33 bits per heavy atom. The molecule has 0 atom stereocenters. The van der Waals surface area contributed by atoms with Crippen molar-refractivity contribution in [3.05, 3.63) is 28.8 Å². The summed E-state index contributed by atoms with van der Waals surface area (Å²) in [6.45, 7) is 5.98. The number of nitrogens with two attached hydrogens (primary N) is 1. The summed E-state index contributed by atoms with van der Waals surface area (Å²) in [5.74, 6) is 0. The second-order valence-corrected chi connectivity index (χ2v) is 5.52. The van der Waals surface area contributed by atoms with E-state index in [2.05, 4.69) is 13.8 Å². The summed E-state index contributed by atoms with van der Waals surface area (Å²) in [7, 11) is -0.373. The van der Waals surface area contributed by atoms with Crippen LogP contribution < -0.4 is 11.2 Å². The van der Waals surface area contributed by atoms with Gasteiger partial charge in [-0.15, -0.1) is 12.4 Å². The highest BCUT2D eigenvalue weighted by Crippen LogP contribution is 2.23. The second-order valence-electron chi connectivity index (χ2n) is 5.14. The molecular weight excluding hydrogens is 272 g/mol. The van der Waals surface area contributed by atoms with Crippen molar-refractivity contribution in [1.82, 2.24) is 0 Å². The van der Waals surface area contributed by atoms with E-state index in [1.807, 2.05) is 18.2 Å². The van der Waals surface area contributed by atoms with E-state index in [1.165, 1.54) is 0 Å². The van der Waals surface area contributed by atoms with Gasteiger partial charge in [0.25, 0.3) is 0 Å². The van der Waals surface area contributed by atoms with Gasteiger partial charge >= 0.3 is 7.12 Å². The van der Waals surface area contributed by atoms with Gasteiger partial charge in [-0.05, 0) is 5.56 Å². The molecule has 1 saturated heterocycles. The minimum atomic E-state index is -0.373. The van der Waals surface area contributed by atoms with Crippen LogP contribution in [-0.2, 0) is 15.9 Å². The first-order chi connectivity index (χ1) is 8.03. The van der Waals surface area contributed by atoms with Gasteiger partial charge in [0.15, 0.2) is 0 Å². The monoisotopic (exact) mass is 289 g/mol. The van der Waals surface area contributed by atoms with Gasteiger partial charge in [0, 0.05) is 35.7 Å². The molecule has 1 aromatic rings. The Morgan fingerprint density at radius 3 is 2.50 bits per heavy atom. The second kappa shape index (κ2) is 6.26. The van der Waals surface area contributed by atoms with Crippen LogP contribution in [-0.4, -0.2) is 20.3 Å². The fraction of sp³-hybridized carbons (Fsp3) is 0.500. The molecular formula is C12H18BCl2NO2. The number of halogens is 2. The van der Waals surface area contributed by atoms with E-state index < -0.39 is 0 Å². The first-order valence-corrected chi connectivity index (χ1v) is 6.12. The maximum atomic E-state index is 6.27. The molecule has 0 amide bonds. The van der Waals surface area contributed by atoms with Crippen LogP contribution in [0.15, 0.2) is 18.2 Å². The minimum Gasteiger partial charge on any atom is -0.407 e. The van der Waals surface area contributed by atoms with Crippen LogP contribution in [0.3, 0.4) is 0 Å². The third-order valence-electron chi connectivity index (χ3n) is 2.83. The number of rotatable bonds is 2. The summed E-state index contributed by atoms with van der Waals surface area (Å²) in [4.78, 5) is 0. The van der Waals surface area contributed by atoms with Crippen molar-refractivity contribution in [3.8, 4) is 0 Å². The van der Waals surface area contributed by atoms with Gasteiger partial charge in [-0.2, -0.15) is 0 Å². The lowest BCUT2D eigenvalue weighted by Gasteiger charge is -2.33. The van der Waals surface area contributed by atoms with E-state index in [9.17, 15) is 0 Å². The molecule has 1 heterocycles. The summed E-state index contributed by atoms with van der Waals surface area (Å²) in [5, 5.41) is 0.653. The van der Waals surface area contributed by atoms with Crippen molar-refractivity contribution in [1.29, 1.82) is 0 Å². The molecule has 3 nitrogen and oxygen atoms in total. The molecule has 100 valence electrons. The highest BCUT2D eigenvalue weighted by molar-refractivity contribution is 6.65. The quantitative estimate of drug-likeness (QED) is 0.847. The molecule has 0 unspecified atom stereocenters. The van der Waals surface area contributed by atoms with Gasteiger partial charge in [-0.3, -0.25) is 0 Å². The molecule has 2 rings (SSSR count). The first kappa shape index (κ1) is 15.8. The van der Waals surface area contributed by atoms with E-state index in [0.29, 0.717) is 24.8 Å². The molecule has 1 fully saturated rings. The fourth-order valence-corrected chi connectivity index (χ4v) is 2.10. The summed E-state index contributed by atoms with van der Waals surface area (Å²) >= 11 is 6.27. The maximum absolute atomic E-state index is 6.27. The molecule has 1 aliphatic rings. The van der Waals surface area contributed by atoms with E-state index >= 15 is 0 Å². The van der Waals surface area contributed by atoms with Crippen LogP contribution in [0, 0.1) is 5.41 Å². The Hall–Kier alpha value is -0.255. The highest BCUT2D eigenvalue weighted by atomic mass is 35.5. The molecule has 0 aromatic heterocycles. The molecule has 0 bridgehead atoms. The topological polar surface area (TPSA) is 44.5 Å². The zero-order chi connectivity index (χ0) is 12.5. The lowest BCUT2D eigenvalue weighted by atomic mass is 9.75. The Labute approximate surface area is 120 Å². The van der Waals surface area contributed by atoms with Crippen molar-refractivity contribution in [2.24, 2.45) is 11.1 Å². The summed E-state index contributed by atoms with van der Waals surface area (Å²) in [5.41, 5.74) is 7.47. The van der Waals surface area contributed by atoms with Gasteiger partial charge in [0.05, 0.1) is 0 Å². The van der Waals surface area contributed by atoms with Gasteiger partial charge in [0.1, 0.15) is 0 Å². The number of hydrogen-bond donors (Lipinski definition) is 1. The molecule has 0 spiro atoms. The number of hydrogen-bond acceptors (Lipinski definition) is 3. The van der Waals surface area contributed by atoms with E-state index in [-0.39, 0.29) is 24.9 Å². The largest absolute Gasteiger partial charge is 0.495 e. The van der Waals surface area contributed by atoms with Crippen LogP contribution in [0.5, 0.6) is 0 Å². The predicted octanol–water partition coefficient (Wildman–Crippen LogP) is 1.99. The minimum absolute atomic E-state index is 0. The smallest absolute Gasteiger partial charge is 0.407 e. The van der Waals surface area contributed by atoms with Crippen LogP contribution >= 0.6 is 24.0 Å². The Balaban J connectivity index is 0.00000162.